The maximum Gasteiger partial charge on any atom is 0.274 e. The number of aromatic nitrogens is 1. The van der Waals surface area contributed by atoms with Crippen molar-refractivity contribution in [1.29, 1.82) is 0 Å². The summed E-state index contributed by atoms with van der Waals surface area (Å²) in [6.45, 7) is 3.03. The predicted molar refractivity (Wildman–Crippen MR) is 103 cm³/mol. The van der Waals surface area contributed by atoms with Gasteiger partial charge in [-0.1, -0.05) is 6.08 Å². The zero-order valence-corrected chi connectivity index (χ0v) is 16.3. The number of aromatic hydroxyl groups is 1. The smallest absolute Gasteiger partial charge is 0.274 e. The van der Waals surface area contributed by atoms with Crippen molar-refractivity contribution in [2.24, 2.45) is 0 Å². The minimum Gasteiger partial charge on any atom is -0.503 e. The summed E-state index contributed by atoms with van der Waals surface area (Å²) in [7, 11) is 0. The first-order valence-electron chi connectivity index (χ1n) is 9.50. The highest BCUT2D eigenvalue weighted by molar-refractivity contribution is 6.00. The number of alkyl halides is 1. The van der Waals surface area contributed by atoms with Gasteiger partial charge in [0.2, 0.25) is 5.43 Å². The lowest BCUT2D eigenvalue weighted by molar-refractivity contribution is 0.0676. The molecule has 2 N–H and O–H groups in total. The van der Waals surface area contributed by atoms with Gasteiger partial charge in [-0.2, -0.15) is 0 Å². The van der Waals surface area contributed by atoms with Gasteiger partial charge in [0, 0.05) is 30.9 Å². The van der Waals surface area contributed by atoms with E-state index in [0.29, 0.717) is 31.6 Å². The van der Waals surface area contributed by atoms with E-state index in [1.54, 1.807) is 16.4 Å². The number of pyridine rings is 1. The SMILES string of the molecule is C/C=C(CNC(=O)c1c2n3c(c(O)c1=O)C(=O)N(CC)CC3CC2)\C(F)=C/CF. The van der Waals surface area contributed by atoms with E-state index >= 15 is 0 Å². The standard InChI is InChI=1S/C20H23F2N3O4/c1-3-11(13(22)7-8-21)9-23-19(28)15-14-6-5-12-10-24(4-2)20(29)16(25(12)14)18(27)17(15)26/h3,7,12,27H,4-6,8-10H2,1-2H3,(H,23,28)/b11-3-,13-7+. The third kappa shape index (κ3) is 3.45. The van der Waals surface area contributed by atoms with Gasteiger partial charge in [-0.3, -0.25) is 14.4 Å². The minimum absolute atomic E-state index is 0.0707. The molecule has 0 saturated carbocycles. The van der Waals surface area contributed by atoms with Crippen molar-refractivity contribution in [2.75, 3.05) is 26.3 Å². The maximum absolute atomic E-state index is 13.8. The van der Waals surface area contributed by atoms with Crippen LogP contribution in [0.4, 0.5) is 8.78 Å². The molecule has 2 aliphatic heterocycles. The topological polar surface area (TPSA) is 91.6 Å². The van der Waals surface area contributed by atoms with Gasteiger partial charge in [-0.05, 0) is 32.8 Å². The number of likely N-dealkylation sites (N-methyl/N-ethyl adjacent to an activating group) is 1. The monoisotopic (exact) mass is 407 g/mol. The number of rotatable bonds is 6. The van der Waals surface area contributed by atoms with Crippen molar-refractivity contribution in [1.82, 2.24) is 14.8 Å². The number of nitrogens with one attached hydrogen (secondary N) is 1. The van der Waals surface area contributed by atoms with Crippen LogP contribution in [-0.2, 0) is 6.42 Å². The Balaban J connectivity index is 1.98. The Labute approximate surface area is 166 Å². The molecule has 0 spiro atoms. The molecule has 0 aliphatic carbocycles. The molecule has 3 heterocycles. The highest BCUT2D eigenvalue weighted by Gasteiger charge is 2.40. The molecule has 0 radical (unpaired) electrons. The predicted octanol–water partition coefficient (Wildman–Crippen LogP) is 2.02. The van der Waals surface area contributed by atoms with Gasteiger partial charge in [0.25, 0.3) is 11.8 Å². The molecular formula is C20H23F2N3O4. The van der Waals surface area contributed by atoms with Crippen LogP contribution in [-0.4, -0.2) is 52.7 Å². The molecule has 1 aromatic heterocycles. The number of amides is 2. The van der Waals surface area contributed by atoms with Gasteiger partial charge in [-0.15, -0.1) is 0 Å². The van der Waals surface area contributed by atoms with E-state index < -0.39 is 35.5 Å². The lowest BCUT2D eigenvalue weighted by Gasteiger charge is -2.34. The molecule has 7 nitrogen and oxygen atoms in total. The van der Waals surface area contributed by atoms with Crippen LogP contribution in [0.15, 0.2) is 28.3 Å². The van der Waals surface area contributed by atoms with Crippen molar-refractivity contribution in [3.63, 3.8) is 0 Å². The Hall–Kier alpha value is -2.97. The van der Waals surface area contributed by atoms with Crippen LogP contribution in [0.5, 0.6) is 5.75 Å². The molecule has 9 heteroatoms. The van der Waals surface area contributed by atoms with Gasteiger partial charge in [-0.25, -0.2) is 8.78 Å². The third-order valence-electron chi connectivity index (χ3n) is 5.45. The zero-order valence-electron chi connectivity index (χ0n) is 16.3. The molecule has 1 unspecified atom stereocenters. The van der Waals surface area contributed by atoms with Gasteiger partial charge >= 0.3 is 0 Å². The van der Waals surface area contributed by atoms with Crippen LogP contribution < -0.4 is 10.7 Å². The summed E-state index contributed by atoms with van der Waals surface area (Å²) in [5, 5.41) is 12.9. The van der Waals surface area contributed by atoms with E-state index in [9.17, 15) is 28.3 Å². The molecule has 156 valence electrons. The second kappa shape index (κ2) is 8.18. The molecule has 2 amide bonds. The van der Waals surface area contributed by atoms with Crippen LogP contribution >= 0.6 is 0 Å². The maximum atomic E-state index is 13.8. The number of nitrogens with zero attached hydrogens (tertiary/aromatic N) is 2. The van der Waals surface area contributed by atoms with Gasteiger partial charge in [0.15, 0.2) is 11.4 Å². The highest BCUT2D eigenvalue weighted by Crippen LogP contribution is 2.36. The van der Waals surface area contributed by atoms with E-state index in [0.717, 1.165) is 6.08 Å². The van der Waals surface area contributed by atoms with Crippen LogP contribution in [0.3, 0.4) is 0 Å². The van der Waals surface area contributed by atoms with Gasteiger partial charge in [0.05, 0.1) is 6.04 Å². The van der Waals surface area contributed by atoms with Crippen LogP contribution in [0.1, 0.15) is 52.9 Å². The highest BCUT2D eigenvalue weighted by atomic mass is 19.1. The van der Waals surface area contributed by atoms with E-state index in [-0.39, 0.29) is 29.4 Å². The first-order valence-corrected chi connectivity index (χ1v) is 9.50. The zero-order chi connectivity index (χ0) is 21.3. The fourth-order valence-electron chi connectivity index (χ4n) is 3.97. The number of allylic oxidation sites excluding steroid dienone is 2. The summed E-state index contributed by atoms with van der Waals surface area (Å²) in [5.74, 6) is -2.75. The van der Waals surface area contributed by atoms with Crippen molar-refractivity contribution in [3.8, 4) is 5.75 Å². The number of hydrogen-bond acceptors (Lipinski definition) is 4. The molecule has 1 aromatic rings. The first-order chi connectivity index (χ1) is 13.8. The molecule has 29 heavy (non-hydrogen) atoms. The molecule has 2 aliphatic rings. The quantitative estimate of drug-likeness (QED) is 0.706. The fraction of sp³-hybridized carbons (Fsp3) is 0.450. The van der Waals surface area contributed by atoms with Crippen LogP contribution in [0.2, 0.25) is 0 Å². The van der Waals surface area contributed by atoms with Crippen molar-refractivity contribution in [3.05, 3.63) is 50.7 Å². The summed E-state index contributed by atoms with van der Waals surface area (Å²) in [6.07, 6.45) is 3.18. The largest absolute Gasteiger partial charge is 0.503 e. The summed E-state index contributed by atoms with van der Waals surface area (Å²) >= 11 is 0. The second-order valence-corrected chi connectivity index (χ2v) is 6.96. The Bertz CT molecular complexity index is 981. The average molecular weight is 407 g/mol. The van der Waals surface area contributed by atoms with Crippen LogP contribution in [0, 0.1) is 0 Å². The lowest BCUT2D eigenvalue weighted by atomic mass is 10.1. The van der Waals surface area contributed by atoms with Crippen molar-refractivity contribution in [2.45, 2.75) is 32.7 Å². The number of halogens is 2. The average Bonchev–Trinajstić information content (AvgIpc) is 3.10. The second-order valence-electron chi connectivity index (χ2n) is 6.96. The molecule has 0 bridgehead atoms. The molecule has 3 rings (SSSR count). The Morgan fingerprint density at radius 2 is 2.10 bits per heavy atom. The lowest BCUT2D eigenvalue weighted by Crippen LogP contribution is -2.44. The summed E-state index contributed by atoms with van der Waals surface area (Å²) < 4.78 is 27.7. The molecule has 1 atom stereocenters. The Morgan fingerprint density at radius 3 is 2.72 bits per heavy atom. The van der Waals surface area contributed by atoms with E-state index in [1.165, 1.54) is 6.08 Å². The van der Waals surface area contributed by atoms with Gasteiger partial charge < -0.3 is 19.9 Å². The summed E-state index contributed by atoms with van der Waals surface area (Å²) in [6, 6.07) is -0.119. The molecule has 0 saturated heterocycles. The van der Waals surface area contributed by atoms with E-state index in [2.05, 4.69) is 5.32 Å². The molecule has 0 fully saturated rings. The van der Waals surface area contributed by atoms with E-state index in [4.69, 9.17) is 0 Å². The molecular weight excluding hydrogens is 384 g/mol. The Morgan fingerprint density at radius 1 is 1.38 bits per heavy atom. The minimum atomic E-state index is -0.981. The van der Waals surface area contributed by atoms with Crippen molar-refractivity contribution >= 4 is 11.8 Å². The normalized spacial score (nSPS) is 18.8. The fourth-order valence-corrected chi connectivity index (χ4v) is 3.97. The Kier molecular flexibility index (Phi) is 5.86. The number of carbonyl (C=O) groups excluding carboxylic acids is 2. The summed E-state index contributed by atoms with van der Waals surface area (Å²) in [4.78, 5) is 39.7. The van der Waals surface area contributed by atoms with Crippen LogP contribution in [0.25, 0.3) is 0 Å². The molecule has 0 aromatic carbocycles. The first kappa shape index (κ1) is 20.8. The van der Waals surface area contributed by atoms with E-state index in [1.807, 2.05) is 6.92 Å². The summed E-state index contributed by atoms with van der Waals surface area (Å²) in [5.41, 5.74) is -0.768. The van der Waals surface area contributed by atoms with Crippen molar-refractivity contribution < 1.29 is 23.5 Å². The number of carbonyl (C=O) groups is 2. The third-order valence-corrected chi connectivity index (χ3v) is 5.45. The number of hydrogen-bond donors (Lipinski definition) is 2. The van der Waals surface area contributed by atoms with Gasteiger partial charge in [0.1, 0.15) is 18.1 Å².